The molecule has 5 heteroatoms. The molecule has 0 aliphatic carbocycles. The van der Waals surface area contributed by atoms with Crippen LogP contribution in [0.2, 0.25) is 0 Å². The van der Waals surface area contributed by atoms with E-state index in [0.717, 1.165) is 5.56 Å². The summed E-state index contributed by atoms with van der Waals surface area (Å²) in [6.45, 7) is 7.69. The Hall–Kier alpha value is -1.69. The summed E-state index contributed by atoms with van der Waals surface area (Å²) in [6, 6.07) is 11.8. The van der Waals surface area contributed by atoms with Crippen LogP contribution >= 0.6 is 11.3 Å². The Bertz CT molecular complexity index is 674. The van der Waals surface area contributed by atoms with E-state index in [4.69, 9.17) is 4.74 Å². The first-order chi connectivity index (χ1) is 11.8. The summed E-state index contributed by atoms with van der Waals surface area (Å²) in [7, 11) is 0. The first-order valence-electron chi connectivity index (χ1n) is 8.53. The molecule has 0 fully saturated rings. The largest absolute Gasteiger partial charge is 0.471 e. The van der Waals surface area contributed by atoms with Crippen molar-refractivity contribution in [2.75, 3.05) is 0 Å². The molecule has 2 aromatic rings. The molecule has 0 saturated heterocycles. The molecule has 0 bridgehead atoms. The van der Waals surface area contributed by atoms with Gasteiger partial charge in [-0.05, 0) is 51.1 Å². The summed E-state index contributed by atoms with van der Waals surface area (Å²) < 4.78 is 5.92. The van der Waals surface area contributed by atoms with Gasteiger partial charge in [-0.3, -0.25) is 10.1 Å². The number of Topliss-reactive ketones (excluding diaryl/α,β-unsaturated/α-hetero) is 1. The van der Waals surface area contributed by atoms with E-state index in [9.17, 15) is 9.90 Å². The van der Waals surface area contributed by atoms with E-state index in [1.54, 1.807) is 13.0 Å². The highest BCUT2D eigenvalue weighted by Gasteiger charge is 2.25. The third-order valence-corrected chi connectivity index (χ3v) is 4.57. The second-order valence-electron chi connectivity index (χ2n) is 7.20. The number of aryl methyl sites for hydroxylation is 1. The van der Waals surface area contributed by atoms with Gasteiger partial charge >= 0.3 is 0 Å². The standard InChI is InChI=1S/C20H27NO3S/c1-14(22)19(21-20(2,3)4)24-17-12-13-25-18(17)16(23)11-10-15-8-6-5-7-9-15/h5-9,12-14,19,21-22H,10-11H2,1-4H3. The monoisotopic (exact) mass is 361 g/mol. The molecular formula is C20H27NO3S. The molecule has 0 aliphatic heterocycles. The van der Waals surface area contributed by atoms with E-state index < -0.39 is 12.3 Å². The minimum atomic E-state index is -0.702. The molecule has 1 aromatic heterocycles. The Morgan fingerprint density at radius 1 is 1.24 bits per heavy atom. The molecule has 136 valence electrons. The van der Waals surface area contributed by atoms with Crippen molar-refractivity contribution in [3.63, 3.8) is 0 Å². The van der Waals surface area contributed by atoms with E-state index >= 15 is 0 Å². The molecule has 2 atom stereocenters. The average molecular weight is 362 g/mol. The zero-order chi connectivity index (χ0) is 18.4. The van der Waals surface area contributed by atoms with Gasteiger partial charge in [-0.15, -0.1) is 11.3 Å². The molecule has 0 saturated carbocycles. The van der Waals surface area contributed by atoms with Crippen LogP contribution in [0.4, 0.5) is 0 Å². The summed E-state index contributed by atoms with van der Waals surface area (Å²) in [4.78, 5) is 13.2. The summed E-state index contributed by atoms with van der Waals surface area (Å²) in [5.41, 5.74) is 0.931. The minimum absolute atomic E-state index is 0.0638. The van der Waals surface area contributed by atoms with Crippen molar-refractivity contribution in [1.82, 2.24) is 5.32 Å². The number of aliphatic hydroxyl groups is 1. The molecule has 2 rings (SSSR count). The Labute approximate surface area is 153 Å². The molecule has 2 unspecified atom stereocenters. The van der Waals surface area contributed by atoms with Gasteiger partial charge in [-0.25, -0.2) is 0 Å². The smallest absolute Gasteiger partial charge is 0.176 e. The van der Waals surface area contributed by atoms with Gasteiger partial charge < -0.3 is 9.84 Å². The van der Waals surface area contributed by atoms with E-state index in [0.29, 0.717) is 23.5 Å². The Balaban J connectivity index is 2.04. The first kappa shape index (κ1) is 19.6. The van der Waals surface area contributed by atoms with Gasteiger partial charge in [0, 0.05) is 12.0 Å². The summed E-state index contributed by atoms with van der Waals surface area (Å²) in [5, 5.41) is 15.1. The minimum Gasteiger partial charge on any atom is -0.471 e. The fraction of sp³-hybridized carbons (Fsp3) is 0.450. The molecule has 2 N–H and O–H groups in total. The molecule has 25 heavy (non-hydrogen) atoms. The molecule has 0 radical (unpaired) electrons. The average Bonchev–Trinajstić information content (AvgIpc) is 3.00. The van der Waals surface area contributed by atoms with Gasteiger partial charge in [-0.1, -0.05) is 30.3 Å². The zero-order valence-corrected chi connectivity index (χ0v) is 16.1. The number of nitrogens with one attached hydrogen (secondary N) is 1. The number of ether oxygens (including phenoxy) is 1. The molecule has 1 heterocycles. The Kier molecular flexibility index (Phi) is 6.76. The van der Waals surface area contributed by atoms with Gasteiger partial charge in [0.15, 0.2) is 12.0 Å². The van der Waals surface area contributed by atoms with Gasteiger partial charge in [-0.2, -0.15) is 0 Å². The second-order valence-corrected chi connectivity index (χ2v) is 8.11. The van der Waals surface area contributed by atoms with Crippen LogP contribution in [0.5, 0.6) is 5.75 Å². The number of benzene rings is 1. The lowest BCUT2D eigenvalue weighted by Gasteiger charge is -2.30. The summed E-state index contributed by atoms with van der Waals surface area (Å²) in [6.07, 6.45) is -0.133. The van der Waals surface area contributed by atoms with Crippen molar-refractivity contribution in [3.05, 3.63) is 52.2 Å². The van der Waals surface area contributed by atoms with Crippen molar-refractivity contribution < 1.29 is 14.6 Å². The number of aliphatic hydroxyl groups excluding tert-OH is 1. The number of carbonyl (C=O) groups is 1. The van der Waals surface area contributed by atoms with Crippen molar-refractivity contribution >= 4 is 17.1 Å². The molecular weight excluding hydrogens is 334 g/mol. The third-order valence-electron chi connectivity index (χ3n) is 3.63. The van der Waals surface area contributed by atoms with Gasteiger partial charge in [0.05, 0.1) is 0 Å². The highest BCUT2D eigenvalue weighted by Crippen LogP contribution is 2.28. The quantitative estimate of drug-likeness (QED) is 0.550. The van der Waals surface area contributed by atoms with Crippen molar-refractivity contribution in [2.24, 2.45) is 0 Å². The fourth-order valence-electron chi connectivity index (χ4n) is 2.42. The number of carbonyl (C=O) groups excluding carboxylic acids is 1. The van der Waals surface area contributed by atoms with E-state index in [1.807, 2.05) is 56.5 Å². The Morgan fingerprint density at radius 3 is 2.52 bits per heavy atom. The number of hydrogen-bond donors (Lipinski definition) is 2. The van der Waals surface area contributed by atoms with Gasteiger partial charge in [0.2, 0.25) is 0 Å². The molecule has 0 spiro atoms. The van der Waals surface area contributed by atoms with Crippen LogP contribution in [0.3, 0.4) is 0 Å². The lowest BCUT2D eigenvalue weighted by atomic mass is 10.1. The van der Waals surface area contributed by atoms with Crippen molar-refractivity contribution in [2.45, 2.75) is 58.4 Å². The van der Waals surface area contributed by atoms with Gasteiger partial charge in [0.1, 0.15) is 16.7 Å². The maximum atomic E-state index is 12.6. The second kappa shape index (κ2) is 8.61. The summed E-state index contributed by atoms with van der Waals surface area (Å²) in [5.74, 6) is 0.597. The number of ketones is 1. The third kappa shape index (κ3) is 6.27. The number of hydrogen-bond acceptors (Lipinski definition) is 5. The fourth-order valence-corrected chi connectivity index (χ4v) is 3.22. The SMILES string of the molecule is CC(O)C(NC(C)(C)C)Oc1ccsc1C(=O)CCc1ccccc1. The van der Waals surface area contributed by atoms with E-state index in [-0.39, 0.29) is 11.3 Å². The summed E-state index contributed by atoms with van der Waals surface area (Å²) >= 11 is 1.38. The predicted molar refractivity (Wildman–Crippen MR) is 102 cm³/mol. The maximum Gasteiger partial charge on any atom is 0.176 e. The zero-order valence-electron chi connectivity index (χ0n) is 15.3. The molecule has 0 amide bonds. The predicted octanol–water partition coefficient (Wildman–Crippen LogP) is 4.04. The van der Waals surface area contributed by atoms with Crippen LogP contribution < -0.4 is 10.1 Å². The van der Waals surface area contributed by atoms with Crippen LogP contribution in [0.15, 0.2) is 41.8 Å². The lowest BCUT2D eigenvalue weighted by Crippen LogP contribution is -2.51. The van der Waals surface area contributed by atoms with Crippen LogP contribution in [-0.4, -0.2) is 28.8 Å². The van der Waals surface area contributed by atoms with Crippen LogP contribution in [-0.2, 0) is 6.42 Å². The highest BCUT2D eigenvalue weighted by atomic mass is 32.1. The van der Waals surface area contributed by atoms with E-state index in [1.165, 1.54) is 11.3 Å². The van der Waals surface area contributed by atoms with Crippen molar-refractivity contribution in [1.29, 1.82) is 0 Å². The highest BCUT2D eigenvalue weighted by molar-refractivity contribution is 7.12. The van der Waals surface area contributed by atoms with Crippen molar-refractivity contribution in [3.8, 4) is 5.75 Å². The maximum absolute atomic E-state index is 12.6. The first-order valence-corrected chi connectivity index (χ1v) is 9.41. The van der Waals surface area contributed by atoms with Gasteiger partial charge in [0.25, 0.3) is 0 Å². The van der Waals surface area contributed by atoms with E-state index in [2.05, 4.69) is 5.32 Å². The topological polar surface area (TPSA) is 58.6 Å². The van der Waals surface area contributed by atoms with Crippen LogP contribution in [0, 0.1) is 0 Å². The number of rotatable bonds is 8. The molecule has 0 aliphatic rings. The normalized spacial score (nSPS) is 14.1. The lowest BCUT2D eigenvalue weighted by molar-refractivity contribution is 0.0111. The number of thiophene rings is 1. The molecule has 1 aromatic carbocycles. The van der Waals surface area contributed by atoms with Crippen LogP contribution in [0.1, 0.15) is 49.4 Å². The Morgan fingerprint density at radius 2 is 1.92 bits per heavy atom. The van der Waals surface area contributed by atoms with Crippen LogP contribution in [0.25, 0.3) is 0 Å². The molecule has 4 nitrogen and oxygen atoms in total.